The third kappa shape index (κ3) is 2.89. The molecule has 0 aliphatic carbocycles. The zero-order chi connectivity index (χ0) is 10.7. The zero-order valence-corrected chi connectivity index (χ0v) is 9.49. The van der Waals surface area contributed by atoms with Crippen molar-refractivity contribution in [3.05, 3.63) is 28.8 Å². The molecule has 14 heavy (non-hydrogen) atoms. The molecule has 2 nitrogen and oxygen atoms in total. The highest BCUT2D eigenvalue weighted by Gasteiger charge is 2.09. The van der Waals surface area contributed by atoms with Crippen molar-refractivity contribution >= 4 is 34.8 Å². The van der Waals surface area contributed by atoms with Gasteiger partial charge in [0.1, 0.15) is 5.38 Å². The summed E-state index contributed by atoms with van der Waals surface area (Å²) in [5.41, 5.74) is 1.64. The van der Waals surface area contributed by atoms with Crippen molar-refractivity contribution in [2.75, 3.05) is 5.32 Å². The first-order valence-electron chi connectivity index (χ1n) is 4.22. The molecule has 0 heterocycles. The van der Waals surface area contributed by atoms with E-state index in [1.165, 1.54) is 0 Å². The molecule has 1 rings (SSSR count). The predicted molar refractivity (Wildman–Crippen MR) is 60.1 cm³/mol. The molecule has 0 bridgehead atoms. The van der Waals surface area contributed by atoms with E-state index >= 15 is 0 Å². The number of benzene rings is 1. The number of rotatable bonds is 2. The fourth-order valence-electron chi connectivity index (χ4n) is 0.912. The summed E-state index contributed by atoms with van der Waals surface area (Å²) in [4.78, 5) is 11.2. The van der Waals surface area contributed by atoms with Gasteiger partial charge >= 0.3 is 0 Å². The Labute approximate surface area is 93.2 Å². The first-order valence-corrected chi connectivity index (χ1v) is 5.03. The lowest BCUT2D eigenvalue weighted by Gasteiger charge is -2.07. The first-order chi connectivity index (χ1) is 6.50. The summed E-state index contributed by atoms with van der Waals surface area (Å²) in [5, 5.41) is 2.74. The maximum Gasteiger partial charge on any atom is 0.242 e. The van der Waals surface area contributed by atoms with Gasteiger partial charge in [0.05, 0.1) is 0 Å². The quantitative estimate of drug-likeness (QED) is 0.779. The lowest BCUT2D eigenvalue weighted by Crippen LogP contribution is -2.20. The Morgan fingerprint density at radius 2 is 2.14 bits per heavy atom. The van der Waals surface area contributed by atoms with Gasteiger partial charge in [0, 0.05) is 10.7 Å². The summed E-state index contributed by atoms with van der Waals surface area (Å²) in [6.45, 7) is 3.52. The maximum absolute atomic E-state index is 11.2. The molecule has 76 valence electrons. The molecule has 4 heteroatoms. The summed E-state index contributed by atoms with van der Waals surface area (Å²) in [6, 6.07) is 5.34. The summed E-state index contributed by atoms with van der Waals surface area (Å²) in [7, 11) is 0. The number of amides is 1. The van der Waals surface area contributed by atoms with Gasteiger partial charge in [-0.3, -0.25) is 4.79 Å². The number of hydrogen-bond acceptors (Lipinski definition) is 1. The predicted octanol–water partition coefficient (Wildman–Crippen LogP) is 3.21. The third-order valence-electron chi connectivity index (χ3n) is 1.80. The van der Waals surface area contributed by atoms with E-state index in [1.807, 2.05) is 13.0 Å². The van der Waals surface area contributed by atoms with Crippen molar-refractivity contribution in [3.63, 3.8) is 0 Å². The Morgan fingerprint density at radius 3 is 2.64 bits per heavy atom. The number of nitrogens with one attached hydrogen (secondary N) is 1. The van der Waals surface area contributed by atoms with Crippen LogP contribution in [0.25, 0.3) is 0 Å². The normalized spacial score (nSPS) is 12.3. The van der Waals surface area contributed by atoms with E-state index in [0.29, 0.717) is 10.7 Å². The third-order valence-corrected chi connectivity index (χ3v) is 2.41. The molecule has 1 aromatic rings. The van der Waals surface area contributed by atoms with Crippen molar-refractivity contribution in [1.82, 2.24) is 0 Å². The molecule has 1 N–H and O–H groups in total. The molecule has 0 aliphatic rings. The highest BCUT2D eigenvalue weighted by Crippen LogP contribution is 2.20. The molecule has 0 saturated heterocycles. The van der Waals surface area contributed by atoms with E-state index in [9.17, 15) is 4.79 Å². The van der Waals surface area contributed by atoms with E-state index in [0.717, 1.165) is 5.56 Å². The number of anilines is 1. The molecule has 1 unspecified atom stereocenters. The molecular weight excluding hydrogens is 221 g/mol. The SMILES string of the molecule is Cc1ccc(NC(=O)C(C)Cl)cc1Cl. The highest BCUT2D eigenvalue weighted by atomic mass is 35.5. The molecule has 0 aromatic heterocycles. The van der Waals surface area contributed by atoms with Gasteiger partial charge in [-0.1, -0.05) is 17.7 Å². The standard InChI is InChI=1S/C10H11Cl2NO/c1-6-3-4-8(5-9(6)12)13-10(14)7(2)11/h3-5,7H,1-2H3,(H,13,14). The fourth-order valence-corrected chi connectivity index (χ4v) is 1.15. The maximum atomic E-state index is 11.2. The van der Waals surface area contributed by atoms with Gasteiger partial charge in [0.15, 0.2) is 0 Å². The van der Waals surface area contributed by atoms with E-state index in [-0.39, 0.29) is 5.91 Å². The minimum absolute atomic E-state index is 0.230. The first kappa shape index (κ1) is 11.3. The Hall–Kier alpha value is -0.730. The Kier molecular flexibility index (Phi) is 3.78. The van der Waals surface area contributed by atoms with Crippen LogP contribution in [0, 0.1) is 6.92 Å². The van der Waals surface area contributed by atoms with Crippen LogP contribution < -0.4 is 5.32 Å². The van der Waals surface area contributed by atoms with Crippen molar-refractivity contribution in [2.24, 2.45) is 0 Å². The molecule has 0 aliphatic heterocycles. The fraction of sp³-hybridized carbons (Fsp3) is 0.300. The number of alkyl halides is 1. The molecule has 1 amide bonds. The van der Waals surface area contributed by atoms with Gasteiger partial charge in [-0.2, -0.15) is 0 Å². The van der Waals surface area contributed by atoms with Crippen molar-refractivity contribution in [1.29, 1.82) is 0 Å². The summed E-state index contributed by atoms with van der Waals surface area (Å²) >= 11 is 11.5. The second kappa shape index (κ2) is 4.67. The van der Waals surface area contributed by atoms with Gasteiger partial charge in [-0.15, -0.1) is 11.6 Å². The van der Waals surface area contributed by atoms with Crippen LogP contribution in [0.15, 0.2) is 18.2 Å². The summed E-state index contributed by atoms with van der Waals surface area (Å²) in [5.74, 6) is -0.230. The second-order valence-electron chi connectivity index (χ2n) is 3.07. The number of halogens is 2. The average Bonchev–Trinajstić information content (AvgIpc) is 2.11. The average molecular weight is 232 g/mol. The van der Waals surface area contributed by atoms with Crippen molar-refractivity contribution in [3.8, 4) is 0 Å². The monoisotopic (exact) mass is 231 g/mol. The molecule has 0 fully saturated rings. The topological polar surface area (TPSA) is 29.1 Å². The smallest absolute Gasteiger partial charge is 0.242 e. The van der Waals surface area contributed by atoms with E-state index in [4.69, 9.17) is 23.2 Å². The number of carbonyl (C=O) groups is 1. The lowest BCUT2D eigenvalue weighted by atomic mass is 10.2. The van der Waals surface area contributed by atoms with Crippen LogP contribution in [0.2, 0.25) is 5.02 Å². The Bertz CT molecular complexity index is 350. The van der Waals surface area contributed by atoms with Crippen molar-refractivity contribution in [2.45, 2.75) is 19.2 Å². The van der Waals surface area contributed by atoms with Crippen LogP contribution >= 0.6 is 23.2 Å². The number of carbonyl (C=O) groups excluding carboxylic acids is 1. The number of hydrogen-bond donors (Lipinski definition) is 1. The van der Waals surface area contributed by atoms with Gasteiger partial charge in [-0.25, -0.2) is 0 Å². The van der Waals surface area contributed by atoms with Gasteiger partial charge < -0.3 is 5.32 Å². The van der Waals surface area contributed by atoms with Crippen LogP contribution in [0.3, 0.4) is 0 Å². The van der Waals surface area contributed by atoms with E-state index in [2.05, 4.69) is 5.32 Å². The van der Waals surface area contributed by atoms with Crippen LogP contribution in [-0.4, -0.2) is 11.3 Å². The van der Waals surface area contributed by atoms with Crippen molar-refractivity contribution < 1.29 is 4.79 Å². The number of aryl methyl sites for hydroxylation is 1. The Morgan fingerprint density at radius 1 is 1.50 bits per heavy atom. The molecule has 0 saturated carbocycles. The lowest BCUT2D eigenvalue weighted by molar-refractivity contribution is -0.115. The minimum atomic E-state index is -0.546. The minimum Gasteiger partial charge on any atom is -0.325 e. The molecule has 1 atom stereocenters. The van der Waals surface area contributed by atoms with Gasteiger partial charge in [-0.05, 0) is 31.5 Å². The van der Waals surface area contributed by atoms with Crippen LogP contribution in [0.4, 0.5) is 5.69 Å². The second-order valence-corrected chi connectivity index (χ2v) is 4.13. The molecule has 1 aromatic carbocycles. The van der Waals surface area contributed by atoms with E-state index in [1.54, 1.807) is 19.1 Å². The molecule has 0 spiro atoms. The van der Waals surface area contributed by atoms with Crippen LogP contribution in [-0.2, 0) is 4.79 Å². The molecular formula is C10H11Cl2NO. The van der Waals surface area contributed by atoms with Crippen LogP contribution in [0.1, 0.15) is 12.5 Å². The zero-order valence-electron chi connectivity index (χ0n) is 7.97. The van der Waals surface area contributed by atoms with Crippen LogP contribution in [0.5, 0.6) is 0 Å². The highest BCUT2D eigenvalue weighted by molar-refractivity contribution is 6.33. The van der Waals surface area contributed by atoms with Gasteiger partial charge in [0.2, 0.25) is 5.91 Å². The largest absolute Gasteiger partial charge is 0.325 e. The summed E-state index contributed by atoms with van der Waals surface area (Å²) in [6.07, 6.45) is 0. The molecule has 0 radical (unpaired) electrons. The van der Waals surface area contributed by atoms with E-state index < -0.39 is 5.38 Å². The summed E-state index contributed by atoms with van der Waals surface area (Å²) < 4.78 is 0. The van der Waals surface area contributed by atoms with Gasteiger partial charge in [0.25, 0.3) is 0 Å². The Balaban J connectivity index is 2.78.